The fourth-order valence-electron chi connectivity index (χ4n) is 8.90. The number of carbonyl (C=O) groups is 2. The van der Waals surface area contributed by atoms with Crippen LogP contribution in [0.25, 0.3) is 0 Å². The van der Waals surface area contributed by atoms with Crippen LogP contribution in [0.3, 0.4) is 0 Å². The SMILES string of the molecule is CC/C=C\C/C=C\C/C=C\C/C=C\C/C=C\C/C=C\CCCCCCCCC(=O)OC(COC(=O)CCCCCCCCCCCCCCCCCCCCCCCCCCCCC)COP(=O)([O-])OCC[N+](C)(C)C. The molecule has 0 saturated heterocycles. The topological polar surface area (TPSA) is 111 Å². The Hall–Kier alpha value is -2.55. The summed E-state index contributed by atoms with van der Waals surface area (Å²) in [6.45, 7) is 4.14. The Kier molecular flexibility index (Phi) is 55.2. The number of phosphoric acid groups is 1. The quantitative estimate of drug-likeness (QED) is 0.0195. The molecule has 0 amide bonds. The molecule has 76 heavy (non-hydrogen) atoms. The molecule has 0 aromatic carbocycles. The number of hydrogen-bond acceptors (Lipinski definition) is 8. The summed E-state index contributed by atoms with van der Waals surface area (Å²) in [6, 6.07) is 0. The van der Waals surface area contributed by atoms with E-state index in [-0.39, 0.29) is 32.0 Å². The van der Waals surface area contributed by atoms with Crippen LogP contribution in [0, 0.1) is 0 Å². The van der Waals surface area contributed by atoms with E-state index in [1.54, 1.807) is 0 Å². The second kappa shape index (κ2) is 57.1. The van der Waals surface area contributed by atoms with Crippen LogP contribution < -0.4 is 4.89 Å². The first-order valence-corrected chi connectivity index (χ1v) is 33.1. The Balaban J connectivity index is 4.13. The maximum Gasteiger partial charge on any atom is 0.306 e. The number of ether oxygens (including phenoxy) is 2. The summed E-state index contributed by atoms with van der Waals surface area (Å²) in [7, 11) is 1.16. The lowest BCUT2D eigenvalue weighted by Crippen LogP contribution is -2.37. The van der Waals surface area contributed by atoms with E-state index in [1.165, 1.54) is 154 Å². The number of allylic oxidation sites excluding steroid dienone is 12. The van der Waals surface area contributed by atoms with Gasteiger partial charge in [-0.1, -0.05) is 279 Å². The van der Waals surface area contributed by atoms with Crippen LogP contribution in [0.4, 0.5) is 0 Å². The number of quaternary nitrogens is 1. The molecule has 0 aliphatic carbocycles. The molecule has 2 unspecified atom stereocenters. The summed E-state index contributed by atoms with van der Waals surface area (Å²) in [4.78, 5) is 38.0. The Bertz CT molecular complexity index is 1510. The van der Waals surface area contributed by atoms with Crippen molar-refractivity contribution in [2.24, 2.45) is 0 Å². The zero-order valence-electron chi connectivity index (χ0n) is 50.2. The van der Waals surface area contributed by atoms with E-state index in [2.05, 4.69) is 86.8 Å². The van der Waals surface area contributed by atoms with Crippen LogP contribution in [0.1, 0.15) is 284 Å². The fourth-order valence-corrected chi connectivity index (χ4v) is 9.63. The predicted octanol–water partition coefficient (Wildman–Crippen LogP) is 19.4. The number of hydrogen-bond donors (Lipinski definition) is 0. The Morgan fingerprint density at radius 1 is 0.421 bits per heavy atom. The molecule has 0 aromatic heterocycles. The van der Waals surface area contributed by atoms with Gasteiger partial charge in [-0.3, -0.25) is 14.2 Å². The second-order valence-electron chi connectivity index (χ2n) is 22.4. The zero-order chi connectivity index (χ0) is 55.6. The number of nitrogens with zero attached hydrogens (tertiary/aromatic N) is 1. The molecule has 0 N–H and O–H groups in total. The molecule has 442 valence electrons. The maximum atomic E-state index is 12.8. The van der Waals surface area contributed by atoms with E-state index in [4.69, 9.17) is 18.5 Å². The van der Waals surface area contributed by atoms with Crippen molar-refractivity contribution < 1.29 is 42.1 Å². The first-order chi connectivity index (χ1) is 37.0. The molecule has 0 aromatic rings. The third-order valence-electron chi connectivity index (χ3n) is 13.7. The largest absolute Gasteiger partial charge is 0.756 e. The number of likely N-dealkylation sites (N-methyl/N-ethyl adjacent to an activating group) is 1. The van der Waals surface area contributed by atoms with Crippen molar-refractivity contribution in [3.8, 4) is 0 Å². The van der Waals surface area contributed by atoms with Gasteiger partial charge in [0.05, 0.1) is 27.7 Å². The molecular weight excluding hydrogens is 966 g/mol. The molecule has 0 spiro atoms. The van der Waals surface area contributed by atoms with Crippen LogP contribution >= 0.6 is 7.82 Å². The highest BCUT2D eigenvalue weighted by atomic mass is 31.2. The van der Waals surface area contributed by atoms with Gasteiger partial charge in [-0.25, -0.2) is 0 Å². The van der Waals surface area contributed by atoms with E-state index < -0.39 is 26.5 Å². The molecule has 2 atom stereocenters. The minimum absolute atomic E-state index is 0.0358. The first-order valence-electron chi connectivity index (χ1n) is 31.6. The van der Waals surface area contributed by atoms with Crippen LogP contribution in [0.2, 0.25) is 0 Å². The van der Waals surface area contributed by atoms with Gasteiger partial charge in [0.2, 0.25) is 0 Å². The average molecular weight is 1090 g/mol. The lowest BCUT2D eigenvalue weighted by Gasteiger charge is -2.28. The van der Waals surface area contributed by atoms with Crippen molar-refractivity contribution in [2.45, 2.75) is 290 Å². The maximum absolute atomic E-state index is 12.8. The van der Waals surface area contributed by atoms with Crippen molar-refractivity contribution in [1.29, 1.82) is 0 Å². The number of phosphoric ester groups is 1. The zero-order valence-corrected chi connectivity index (χ0v) is 51.1. The highest BCUT2D eigenvalue weighted by Gasteiger charge is 2.22. The monoisotopic (exact) mass is 1090 g/mol. The highest BCUT2D eigenvalue weighted by molar-refractivity contribution is 7.45. The summed E-state index contributed by atoms with van der Waals surface area (Å²) < 4.78 is 34.2. The van der Waals surface area contributed by atoms with E-state index in [0.717, 1.165) is 96.3 Å². The predicted molar refractivity (Wildman–Crippen MR) is 323 cm³/mol. The standard InChI is InChI=1S/C66H120NO8P/c1-6-8-10-12-14-16-18-20-22-24-26-28-30-32-33-35-36-38-40-42-44-46-48-50-52-54-56-58-65(68)72-62-64(63-74-76(70,71)73-61-60-67(3,4)5)75-66(69)59-57-55-53-51-49-47-45-43-41-39-37-34-31-29-27-25-23-21-19-17-15-13-11-9-7-2/h9,11,15,17,21,23,27,29,34,37,41,43,64H,6-8,10,12-14,16,18-20,22,24-26,28,30-33,35-36,38-40,42,44-63H2,1-5H3/b11-9-,17-15-,23-21-,29-27-,37-34-,43-41-. The van der Waals surface area contributed by atoms with Gasteiger partial charge in [0.25, 0.3) is 7.82 Å². The van der Waals surface area contributed by atoms with Crippen LogP contribution in [0.5, 0.6) is 0 Å². The molecule has 9 nitrogen and oxygen atoms in total. The lowest BCUT2D eigenvalue weighted by molar-refractivity contribution is -0.870. The highest BCUT2D eigenvalue weighted by Crippen LogP contribution is 2.38. The van der Waals surface area contributed by atoms with E-state index in [9.17, 15) is 19.0 Å². The smallest absolute Gasteiger partial charge is 0.306 e. The third kappa shape index (κ3) is 60.7. The van der Waals surface area contributed by atoms with Gasteiger partial charge >= 0.3 is 11.9 Å². The van der Waals surface area contributed by atoms with Crippen molar-refractivity contribution in [2.75, 3.05) is 47.5 Å². The molecule has 0 bridgehead atoms. The van der Waals surface area contributed by atoms with Crippen LogP contribution in [0.15, 0.2) is 72.9 Å². The summed E-state index contributed by atoms with van der Waals surface area (Å²) in [5.74, 6) is -0.842. The van der Waals surface area contributed by atoms with Gasteiger partial charge in [0.15, 0.2) is 6.10 Å². The lowest BCUT2D eigenvalue weighted by atomic mass is 10.0. The Labute approximate surface area is 469 Å². The van der Waals surface area contributed by atoms with Gasteiger partial charge in [0.1, 0.15) is 19.8 Å². The van der Waals surface area contributed by atoms with Gasteiger partial charge in [-0.05, 0) is 64.2 Å². The van der Waals surface area contributed by atoms with Gasteiger partial charge in [-0.15, -0.1) is 0 Å². The first kappa shape index (κ1) is 73.5. The molecule has 0 fully saturated rings. The molecule has 0 aliphatic heterocycles. The van der Waals surface area contributed by atoms with Gasteiger partial charge < -0.3 is 27.9 Å². The van der Waals surface area contributed by atoms with Crippen molar-refractivity contribution in [3.63, 3.8) is 0 Å². The van der Waals surface area contributed by atoms with Crippen LogP contribution in [-0.4, -0.2) is 70.0 Å². The van der Waals surface area contributed by atoms with Gasteiger partial charge in [-0.2, -0.15) is 0 Å². The molecule has 0 saturated carbocycles. The van der Waals surface area contributed by atoms with Gasteiger partial charge in [0, 0.05) is 12.8 Å². The minimum atomic E-state index is -4.65. The summed E-state index contributed by atoms with van der Waals surface area (Å²) in [5.41, 5.74) is 0. The molecule has 0 aliphatic rings. The fraction of sp³-hybridized carbons (Fsp3) is 0.788. The molecule has 0 radical (unpaired) electrons. The summed E-state index contributed by atoms with van der Waals surface area (Å²) >= 11 is 0. The number of carbonyl (C=O) groups excluding carboxylic acids is 2. The van der Waals surface area contributed by atoms with E-state index >= 15 is 0 Å². The van der Waals surface area contributed by atoms with Crippen LogP contribution in [-0.2, 0) is 32.7 Å². The normalized spacial score (nSPS) is 13.7. The van der Waals surface area contributed by atoms with Crippen molar-refractivity contribution >= 4 is 19.8 Å². The molecule has 0 heterocycles. The number of rotatable bonds is 58. The average Bonchev–Trinajstić information content (AvgIpc) is 3.38. The third-order valence-corrected chi connectivity index (χ3v) is 14.7. The molecular formula is C66H120NO8P. The number of esters is 2. The van der Waals surface area contributed by atoms with E-state index in [1.807, 2.05) is 21.1 Å². The Morgan fingerprint density at radius 2 is 0.750 bits per heavy atom. The van der Waals surface area contributed by atoms with E-state index in [0.29, 0.717) is 17.4 Å². The summed E-state index contributed by atoms with van der Waals surface area (Å²) in [6.07, 6.45) is 75.3. The molecule has 0 rings (SSSR count). The van der Waals surface area contributed by atoms with Crippen molar-refractivity contribution in [3.05, 3.63) is 72.9 Å². The Morgan fingerprint density at radius 3 is 1.12 bits per heavy atom. The molecule has 10 heteroatoms. The second-order valence-corrected chi connectivity index (χ2v) is 23.8. The summed E-state index contributed by atoms with van der Waals surface area (Å²) in [5, 5.41) is 0. The minimum Gasteiger partial charge on any atom is -0.756 e. The van der Waals surface area contributed by atoms with Crippen molar-refractivity contribution in [1.82, 2.24) is 0 Å². The number of unbranched alkanes of at least 4 members (excludes halogenated alkanes) is 32.